The Morgan fingerprint density at radius 2 is 1.29 bits per heavy atom. The lowest BCUT2D eigenvalue weighted by Gasteiger charge is -2.10. The summed E-state index contributed by atoms with van der Waals surface area (Å²) in [7, 11) is 0. The van der Waals surface area contributed by atoms with Crippen molar-refractivity contribution < 1.29 is 0 Å². The molecule has 0 amide bonds. The predicted octanol–water partition coefficient (Wildman–Crippen LogP) is 4.72. The largest absolute Gasteiger partial charge is 0.0723 e. The Balaban J connectivity index is 2.31. The van der Waals surface area contributed by atoms with Crippen LogP contribution in [0.15, 0.2) is 66.2 Å². The molecule has 0 heterocycles. The molecule has 86 valence electrons. The molecular formula is C17H18. The molecule has 0 radical (unpaired) electrons. The van der Waals surface area contributed by atoms with E-state index >= 15 is 0 Å². The van der Waals surface area contributed by atoms with Gasteiger partial charge < -0.3 is 0 Å². The van der Waals surface area contributed by atoms with E-state index < -0.39 is 0 Å². The first kappa shape index (κ1) is 11.7. The first-order valence-corrected chi connectivity index (χ1v) is 6.03. The van der Waals surface area contributed by atoms with Crippen molar-refractivity contribution in [2.75, 3.05) is 0 Å². The molecular weight excluding hydrogens is 204 g/mol. The van der Waals surface area contributed by atoms with Gasteiger partial charge in [-0.3, -0.25) is 0 Å². The van der Waals surface area contributed by atoms with Crippen molar-refractivity contribution in [1.29, 1.82) is 0 Å². The molecule has 0 aromatic heterocycles. The number of hydrogen-bond donors (Lipinski definition) is 0. The van der Waals surface area contributed by atoms with Crippen LogP contribution in [0.4, 0.5) is 0 Å². The Morgan fingerprint density at radius 1 is 0.765 bits per heavy atom. The van der Waals surface area contributed by atoms with Crippen LogP contribution in [0, 0.1) is 0 Å². The van der Waals surface area contributed by atoms with E-state index in [1.165, 1.54) is 22.3 Å². The highest BCUT2D eigenvalue weighted by Crippen LogP contribution is 2.22. The molecule has 0 atom stereocenters. The van der Waals surface area contributed by atoms with Gasteiger partial charge in [0.05, 0.1) is 0 Å². The second-order valence-electron chi connectivity index (χ2n) is 4.51. The van der Waals surface area contributed by atoms with Crippen LogP contribution < -0.4 is 0 Å². The summed E-state index contributed by atoms with van der Waals surface area (Å²) in [4.78, 5) is 0. The quantitative estimate of drug-likeness (QED) is 0.704. The molecule has 2 aromatic carbocycles. The van der Waals surface area contributed by atoms with Gasteiger partial charge in [0.2, 0.25) is 0 Å². The average Bonchev–Trinajstić information content (AvgIpc) is 2.38. The molecule has 0 nitrogen and oxygen atoms in total. The fourth-order valence-corrected chi connectivity index (χ4v) is 2.01. The highest BCUT2D eigenvalue weighted by molar-refractivity contribution is 5.69. The summed E-state index contributed by atoms with van der Waals surface area (Å²) >= 11 is 0. The van der Waals surface area contributed by atoms with E-state index in [4.69, 9.17) is 0 Å². The number of allylic oxidation sites excluding steroid dienone is 2. The maximum absolute atomic E-state index is 2.19. The third kappa shape index (κ3) is 3.07. The molecule has 0 fully saturated rings. The minimum absolute atomic E-state index is 1.01. The van der Waals surface area contributed by atoms with Gasteiger partial charge in [0, 0.05) is 0 Å². The minimum Gasteiger partial charge on any atom is -0.0723 e. The first-order chi connectivity index (χ1) is 8.27. The van der Waals surface area contributed by atoms with Gasteiger partial charge in [-0.2, -0.15) is 0 Å². The standard InChI is InChI=1S/C17H18/c1-14(2)17(16-11-7-4-8-12-16)13-15-9-5-3-6-10-15/h3-12H,13H2,1-2H3. The molecule has 0 spiro atoms. The number of rotatable bonds is 3. The van der Waals surface area contributed by atoms with Gasteiger partial charge >= 0.3 is 0 Å². The van der Waals surface area contributed by atoms with Crippen LogP contribution in [-0.4, -0.2) is 0 Å². The summed E-state index contributed by atoms with van der Waals surface area (Å²) in [6.07, 6.45) is 1.01. The lowest BCUT2D eigenvalue weighted by molar-refractivity contribution is 1.23. The van der Waals surface area contributed by atoms with Crippen LogP contribution in [0.25, 0.3) is 5.57 Å². The zero-order valence-electron chi connectivity index (χ0n) is 10.5. The molecule has 17 heavy (non-hydrogen) atoms. The van der Waals surface area contributed by atoms with E-state index in [0.717, 1.165) is 6.42 Å². The highest BCUT2D eigenvalue weighted by atomic mass is 14.1. The average molecular weight is 222 g/mol. The predicted molar refractivity (Wildman–Crippen MR) is 74.9 cm³/mol. The summed E-state index contributed by atoms with van der Waals surface area (Å²) in [6.45, 7) is 4.37. The van der Waals surface area contributed by atoms with Crippen LogP contribution in [-0.2, 0) is 6.42 Å². The van der Waals surface area contributed by atoms with Crippen LogP contribution in [0.1, 0.15) is 25.0 Å². The smallest absolute Gasteiger partial charge is 0.00205 e. The molecule has 0 heteroatoms. The van der Waals surface area contributed by atoms with Crippen molar-refractivity contribution in [2.45, 2.75) is 20.3 Å². The van der Waals surface area contributed by atoms with Gasteiger partial charge in [0.25, 0.3) is 0 Å². The van der Waals surface area contributed by atoms with Gasteiger partial charge in [-0.1, -0.05) is 66.2 Å². The fraction of sp³-hybridized carbons (Fsp3) is 0.176. The van der Waals surface area contributed by atoms with Crippen LogP contribution >= 0.6 is 0 Å². The van der Waals surface area contributed by atoms with Gasteiger partial charge in [-0.05, 0) is 37.0 Å². The van der Waals surface area contributed by atoms with Crippen molar-refractivity contribution in [2.24, 2.45) is 0 Å². The Kier molecular flexibility index (Phi) is 3.77. The van der Waals surface area contributed by atoms with E-state index in [2.05, 4.69) is 74.5 Å². The zero-order chi connectivity index (χ0) is 12.1. The van der Waals surface area contributed by atoms with E-state index in [1.807, 2.05) is 0 Å². The van der Waals surface area contributed by atoms with Crippen LogP contribution in [0.3, 0.4) is 0 Å². The molecule has 2 aromatic rings. The summed E-state index contributed by atoms with van der Waals surface area (Å²) in [5, 5.41) is 0. The Morgan fingerprint density at radius 3 is 1.82 bits per heavy atom. The first-order valence-electron chi connectivity index (χ1n) is 6.03. The molecule has 0 N–H and O–H groups in total. The molecule has 0 bridgehead atoms. The van der Waals surface area contributed by atoms with E-state index in [9.17, 15) is 0 Å². The molecule has 0 unspecified atom stereocenters. The highest BCUT2D eigenvalue weighted by Gasteiger charge is 2.04. The fourth-order valence-electron chi connectivity index (χ4n) is 2.01. The van der Waals surface area contributed by atoms with Crippen molar-refractivity contribution in [1.82, 2.24) is 0 Å². The van der Waals surface area contributed by atoms with Crippen LogP contribution in [0.2, 0.25) is 0 Å². The van der Waals surface area contributed by atoms with Crippen molar-refractivity contribution in [3.05, 3.63) is 77.4 Å². The summed E-state index contributed by atoms with van der Waals surface area (Å²) in [5.41, 5.74) is 5.51. The molecule has 2 rings (SSSR count). The molecule has 0 aliphatic rings. The molecule has 0 saturated heterocycles. The van der Waals surface area contributed by atoms with E-state index in [0.29, 0.717) is 0 Å². The number of benzene rings is 2. The van der Waals surface area contributed by atoms with Gasteiger partial charge in [-0.15, -0.1) is 0 Å². The maximum atomic E-state index is 2.19. The summed E-state index contributed by atoms with van der Waals surface area (Å²) < 4.78 is 0. The van der Waals surface area contributed by atoms with Gasteiger partial charge in [-0.25, -0.2) is 0 Å². The maximum Gasteiger partial charge on any atom is -0.00205 e. The van der Waals surface area contributed by atoms with Gasteiger partial charge in [0.1, 0.15) is 0 Å². The Labute approximate surface area is 104 Å². The van der Waals surface area contributed by atoms with Crippen molar-refractivity contribution in [3.8, 4) is 0 Å². The van der Waals surface area contributed by atoms with Gasteiger partial charge in [0.15, 0.2) is 0 Å². The van der Waals surface area contributed by atoms with E-state index in [1.54, 1.807) is 0 Å². The van der Waals surface area contributed by atoms with E-state index in [-0.39, 0.29) is 0 Å². The molecule has 0 aliphatic carbocycles. The molecule has 0 saturated carbocycles. The summed E-state index contributed by atoms with van der Waals surface area (Å²) in [6, 6.07) is 21.3. The van der Waals surface area contributed by atoms with Crippen molar-refractivity contribution in [3.63, 3.8) is 0 Å². The zero-order valence-corrected chi connectivity index (χ0v) is 10.5. The third-order valence-corrected chi connectivity index (χ3v) is 2.95. The summed E-state index contributed by atoms with van der Waals surface area (Å²) in [5.74, 6) is 0. The molecule has 0 aliphatic heterocycles. The van der Waals surface area contributed by atoms with Crippen molar-refractivity contribution >= 4 is 5.57 Å². The Bertz CT molecular complexity index is 488. The SMILES string of the molecule is CC(C)=C(Cc1ccccc1)c1ccccc1. The topological polar surface area (TPSA) is 0 Å². The lowest BCUT2D eigenvalue weighted by atomic mass is 9.95. The second kappa shape index (κ2) is 5.49. The Hall–Kier alpha value is -1.82. The number of hydrogen-bond acceptors (Lipinski definition) is 0. The second-order valence-corrected chi connectivity index (χ2v) is 4.51. The minimum atomic E-state index is 1.01. The van der Waals surface area contributed by atoms with Crippen LogP contribution in [0.5, 0.6) is 0 Å². The third-order valence-electron chi connectivity index (χ3n) is 2.95. The lowest BCUT2D eigenvalue weighted by Crippen LogP contribution is -1.92. The normalized spacial score (nSPS) is 10.0. The monoisotopic (exact) mass is 222 g/mol.